The molecule has 0 unspecified atom stereocenters. The van der Waals surface area contributed by atoms with Gasteiger partial charge in [0.25, 0.3) is 0 Å². The molecule has 2 fully saturated rings. The third-order valence-electron chi connectivity index (χ3n) is 7.30. The molecule has 0 amide bonds. The lowest BCUT2D eigenvalue weighted by Gasteiger charge is -2.45. The molecule has 3 atom stereocenters. The van der Waals surface area contributed by atoms with E-state index in [1.54, 1.807) is 14.2 Å². The van der Waals surface area contributed by atoms with Gasteiger partial charge in [0.15, 0.2) is 16.6 Å². The average molecular weight is 454 g/mol. The number of aryl methyl sites for hydroxylation is 2. The highest BCUT2D eigenvalue weighted by atomic mass is 32.1. The van der Waals surface area contributed by atoms with Gasteiger partial charge in [-0.2, -0.15) is 0 Å². The van der Waals surface area contributed by atoms with Crippen LogP contribution in [0.3, 0.4) is 0 Å². The molecule has 2 aliphatic rings. The molecule has 1 aliphatic heterocycles. The standard InChI is InChI=1S/C26H35N3O2S/c1-17-12-18(2)14-21(13-17)28-25(32)27-20-8-9-26(10-11-29(3)24(26)16-20)19-6-7-22(30-4)23(15-19)31-5/h6-7,12-15,20,24H,8-11,16H2,1-5H3,(H2,27,28,32)/t20-,24+,26+/m1/s1. The van der Waals surface area contributed by atoms with Gasteiger partial charge in [-0.05, 0) is 106 Å². The van der Waals surface area contributed by atoms with Gasteiger partial charge in [-0.3, -0.25) is 0 Å². The first-order valence-electron chi connectivity index (χ1n) is 11.4. The monoisotopic (exact) mass is 453 g/mol. The lowest BCUT2D eigenvalue weighted by molar-refractivity contribution is 0.161. The molecule has 1 heterocycles. The molecule has 0 spiro atoms. The van der Waals surface area contributed by atoms with E-state index in [9.17, 15) is 0 Å². The Morgan fingerprint density at radius 1 is 1.03 bits per heavy atom. The summed E-state index contributed by atoms with van der Waals surface area (Å²) in [7, 11) is 5.65. The summed E-state index contributed by atoms with van der Waals surface area (Å²) in [4.78, 5) is 2.52. The third kappa shape index (κ3) is 4.44. The van der Waals surface area contributed by atoms with E-state index >= 15 is 0 Å². The van der Waals surface area contributed by atoms with Crippen LogP contribution >= 0.6 is 12.2 Å². The molecule has 2 aromatic rings. The van der Waals surface area contributed by atoms with Crippen LogP contribution in [0, 0.1) is 13.8 Å². The van der Waals surface area contributed by atoms with Crippen LogP contribution in [0.2, 0.25) is 0 Å². The van der Waals surface area contributed by atoms with E-state index < -0.39 is 0 Å². The van der Waals surface area contributed by atoms with Crippen LogP contribution in [0.15, 0.2) is 36.4 Å². The number of rotatable bonds is 5. The molecule has 0 aromatic heterocycles. The van der Waals surface area contributed by atoms with Gasteiger partial charge < -0.3 is 25.0 Å². The van der Waals surface area contributed by atoms with E-state index in [0.29, 0.717) is 17.2 Å². The Kier molecular flexibility index (Phi) is 6.63. The summed E-state index contributed by atoms with van der Waals surface area (Å²) in [5.74, 6) is 1.60. The number of likely N-dealkylation sites (tertiary alicyclic amines) is 1. The second kappa shape index (κ2) is 9.28. The van der Waals surface area contributed by atoms with Gasteiger partial charge in [0.2, 0.25) is 0 Å². The molecule has 4 rings (SSSR count). The van der Waals surface area contributed by atoms with Crippen molar-refractivity contribution in [2.24, 2.45) is 0 Å². The van der Waals surface area contributed by atoms with Crippen molar-refractivity contribution in [2.45, 2.75) is 57.0 Å². The van der Waals surface area contributed by atoms with E-state index in [1.807, 2.05) is 6.07 Å². The molecule has 0 radical (unpaired) electrons. The smallest absolute Gasteiger partial charge is 0.170 e. The van der Waals surface area contributed by atoms with Gasteiger partial charge in [-0.1, -0.05) is 12.1 Å². The number of hydrogen-bond donors (Lipinski definition) is 2. The minimum Gasteiger partial charge on any atom is -0.493 e. The van der Waals surface area contributed by atoms with Crippen LogP contribution in [0.1, 0.15) is 42.4 Å². The molecule has 1 saturated heterocycles. The minimum absolute atomic E-state index is 0.148. The number of ether oxygens (including phenoxy) is 2. The Bertz CT molecular complexity index is 975. The summed E-state index contributed by atoms with van der Waals surface area (Å²) in [6, 6.07) is 13.7. The van der Waals surface area contributed by atoms with Crippen LogP contribution in [-0.2, 0) is 5.41 Å². The van der Waals surface area contributed by atoms with Gasteiger partial charge in [0.05, 0.1) is 14.2 Å². The fraction of sp³-hybridized carbons (Fsp3) is 0.500. The predicted octanol–water partition coefficient (Wildman–Crippen LogP) is 4.80. The molecule has 5 nitrogen and oxygen atoms in total. The molecule has 0 bridgehead atoms. The van der Waals surface area contributed by atoms with Crippen molar-refractivity contribution in [3.8, 4) is 11.5 Å². The number of likely N-dealkylation sites (N-methyl/N-ethyl adjacent to an activating group) is 1. The maximum absolute atomic E-state index is 5.67. The first-order valence-corrected chi connectivity index (χ1v) is 11.8. The zero-order valence-corrected chi connectivity index (χ0v) is 20.6. The van der Waals surface area contributed by atoms with Crippen molar-refractivity contribution in [1.29, 1.82) is 0 Å². The third-order valence-corrected chi connectivity index (χ3v) is 7.52. The zero-order chi connectivity index (χ0) is 22.9. The number of fused-ring (bicyclic) bond motifs is 1. The first kappa shape index (κ1) is 22.9. The number of benzene rings is 2. The summed E-state index contributed by atoms with van der Waals surface area (Å²) < 4.78 is 11.1. The van der Waals surface area contributed by atoms with Crippen molar-refractivity contribution in [1.82, 2.24) is 10.2 Å². The highest BCUT2D eigenvalue weighted by molar-refractivity contribution is 7.80. The van der Waals surface area contributed by atoms with Crippen LogP contribution < -0.4 is 20.1 Å². The predicted molar refractivity (Wildman–Crippen MR) is 135 cm³/mol. The summed E-state index contributed by atoms with van der Waals surface area (Å²) in [5.41, 5.74) is 5.03. The van der Waals surface area contributed by atoms with Crippen LogP contribution in [0.4, 0.5) is 5.69 Å². The topological polar surface area (TPSA) is 45.8 Å². The van der Waals surface area contributed by atoms with Gasteiger partial charge in [0, 0.05) is 23.2 Å². The van der Waals surface area contributed by atoms with Crippen molar-refractivity contribution in [3.05, 3.63) is 53.1 Å². The average Bonchev–Trinajstić information content (AvgIpc) is 3.09. The second-order valence-electron chi connectivity index (χ2n) is 9.42. The lowest BCUT2D eigenvalue weighted by atomic mass is 9.65. The summed E-state index contributed by atoms with van der Waals surface area (Å²) in [6.07, 6.45) is 4.45. The highest BCUT2D eigenvalue weighted by Crippen LogP contribution is 2.49. The van der Waals surface area contributed by atoms with Crippen molar-refractivity contribution >= 4 is 23.0 Å². The minimum atomic E-state index is 0.148. The Labute approximate surface area is 197 Å². The maximum atomic E-state index is 5.67. The fourth-order valence-electron chi connectivity index (χ4n) is 5.79. The highest BCUT2D eigenvalue weighted by Gasteiger charge is 2.50. The zero-order valence-electron chi connectivity index (χ0n) is 19.8. The quantitative estimate of drug-likeness (QED) is 0.634. The van der Waals surface area contributed by atoms with Gasteiger partial charge in [0.1, 0.15) is 0 Å². The second-order valence-corrected chi connectivity index (χ2v) is 9.83. The van der Waals surface area contributed by atoms with Gasteiger partial charge in [-0.15, -0.1) is 0 Å². The summed E-state index contributed by atoms with van der Waals surface area (Å²) in [6.45, 7) is 5.33. The van der Waals surface area contributed by atoms with Crippen LogP contribution in [0.25, 0.3) is 0 Å². The molecule has 1 aliphatic carbocycles. The van der Waals surface area contributed by atoms with Crippen molar-refractivity contribution in [2.75, 3.05) is 33.1 Å². The van der Waals surface area contributed by atoms with E-state index in [0.717, 1.165) is 43.0 Å². The number of hydrogen-bond acceptors (Lipinski definition) is 4. The number of nitrogens with zero attached hydrogens (tertiary/aromatic N) is 1. The Morgan fingerprint density at radius 3 is 2.44 bits per heavy atom. The fourth-order valence-corrected chi connectivity index (χ4v) is 6.08. The number of nitrogens with one attached hydrogen (secondary N) is 2. The number of methoxy groups -OCH3 is 2. The SMILES string of the molecule is COc1ccc([C@@]23CC[C@@H](NC(=S)Nc4cc(C)cc(C)c4)C[C@@H]2N(C)CC3)cc1OC. The van der Waals surface area contributed by atoms with E-state index in [4.69, 9.17) is 21.7 Å². The van der Waals surface area contributed by atoms with Gasteiger partial charge in [-0.25, -0.2) is 0 Å². The normalized spacial score (nSPS) is 25.2. The molecule has 6 heteroatoms. The van der Waals surface area contributed by atoms with Crippen molar-refractivity contribution < 1.29 is 9.47 Å². The summed E-state index contributed by atoms with van der Waals surface area (Å²) >= 11 is 5.67. The Hall–Kier alpha value is -2.31. The molecule has 2 N–H and O–H groups in total. The van der Waals surface area contributed by atoms with E-state index in [2.05, 4.69) is 66.8 Å². The van der Waals surface area contributed by atoms with Crippen LogP contribution in [-0.4, -0.2) is 49.9 Å². The van der Waals surface area contributed by atoms with E-state index in [1.165, 1.54) is 23.1 Å². The maximum Gasteiger partial charge on any atom is 0.170 e. The van der Waals surface area contributed by atoms with Crippen LogP contribution in [0.5, 0.6) is 11.5 Å². The lowest BCUT2D eigenvalue weighted by Crippen LogP contribution is -2.52. The molecular weight excluding hydrogens is 418 g/mol. The Morgan fingerprint density at radius 2 is 1.75 bits per heavy atom. The van der Waals surface area contributed by atoms with Gasteiger partial charge >= 0.3 is 0 Å². The number of thiocarbonyl (C=S) groups is 1. The summed E-state index contributed by atoms with van der Waals surface area (Å²) in [5, 5.41) is 7.69. The van der Waals surface area contributed by atoms with E-state index in [-0.39, 0.29) is 5.41 Å². The molecule has 172 valence electrons. The Balaban J connectivity index is 1.48. The number of anilines is 1. The largest absolute Gasteiger partial charge is 0.493 e. The van der Waals surface area contributed by atoms with Crippen molar-refractivity contribution in [3.63, 3.8) is 0 Å². The first-order chi connectivity index (χ1) is 15.3. The molecule has 2 aromatic carbocycles. The molecule has 1 saturated carbocycles. The molecule has 32 heavy (non-hydrogen) atoms. The molecular formula is C26H35N3O2S.